The molecule has 0 unspecified atom stereocenters. The normalized spacial score (nSPS) is 20.7. The highest BCUT2D eigenvalue weighted by atomic mass is 35.5. The van der Waals surface area contributed by atoms with E-state index >= 15 is 0 Å². The van der Waals surface area contributed by atoms with Gasteiger partial charge in [-0.1, -0.05) is 29.8 Å². The average Bonchev–Trinajstić information content (AvgIpc) is 3.33. The molecule has 0 bridgehead atoms. The highest BCUT2D eigenvalue weighted by molar-refractivity contribution is 6.35. The third-order valence-electron chi connectivity index (χ3n) is 4.45. The first kappa shape index (κ1) is 15.2. The molecule has 1 atom stereocenters. The van der Waals surface area contributed by atoms with Gasteiger partial charge in [-0.3, -0.25) is 19.9 Å². The minimum Gasteiger partial charge on any atom is -0.454 e. The lowest BCUT2D eigenvalue weighted by Crippen LogP contribution is -2.34. The van der Waals surface area contributed by atoms with Crippen LogP contribution < -0.4 is 19.9 Å². The number of benzene rings is 2. The van der Waals surface area contributed by atoms with E-state index in [-0.39, 0.29) is 12.4 Å². The zero-order chi connectivity index (χ0) is 17.8. The number of anilines is 1. The Kier molecular flexibility index (Phi) is 3.22. The molecule has 130 valence electrons. The summed E-state index contributed by atoms with van der Waals surface area (Å²) in [5.41, 5.74) is 4.31. The Morgan fingerprint density at radius 2 is 1.88 bits per heavy atom. The zero-order valence-electron chi connectivity index (χ0n) is 13.2. The molecule has 0 saturated carbocycles. The minimum absolute atomic E-state index is 0.109. The number of fused-ring (bicyclic) bond motifs is 2. The third kappa shape index (κ3) is 2.04. The molecule has 2 aromatic rings. The topological polar surface area (TPSA) is 77.1 Å². The van der Waals surface area contributed by atoms with Crippen LogP contribution in [0.15, 0.2) is 48.0 Å². The summed E-state index contributed by atoms with van der Waals surface area (Å²) in [6, 6.07) is 11.9. The summed E-state index contributed by atoms with van der Waals surface area (Å²) in [5.74, 6) is 0.124. The average molecular weight is 371 g/mol. The van der Waals surface area contributed by atoms with E-state index in [2.05, 4.69) is 5.48 Å². The minimum atomic E-state index is -1.01. The number of amides is 2. The van der Waals surface area contributed by atoms with Crippen LogP contribution in [0.2, 0.25) is 5.02 Å². The van der Waals surface area contributed by atoms with Crippen LogP contribution in [0.25, 0.3) is 5.70 Å². The van der Waals surface area contributed by atoms with Crippen LogP contribution in [0, 0.1) is 0 Å². The molecule has 0 radical (unpaired) electrons. The molecule has 0 spiro atoms. The lowest BCUT2D eigenvalue weighted by molar-refractivity contribution is -0.127. The van der Waals surface area contributed by atoms with Gasteiger partial charge >= 0.3 is 0 Å². The molecule has 2 aromatic carbocycles. The van der Waals surface area contributed by atoms with Crippen molar-refractivity contribution in [3.8, 4) is 11.5 Å². The second kappa shape index (κ2) is 5.48. The number of ether oxygens (including phenoxy) is 2. The first-order valence-corrected chi connectivity index (χ1v) is 8.21. The Morgan fingerprint density at radius 3 is 2.73 bits per heavy atom. The fraction of sp³-hybridized carbons (Fsp3) is 0.111. The van der Waals surface area contributed by atoms with Gasteiger partial charge in [0.15, 0.2) is 17.6 Å². The van der Waals surface area contributed by atoms with Crippen molar-refractivity contribution in [2.45, 2.75) is 6.10 Å². The number of imide groups is 1. The van der Waals surface area contributed by atoms with E-state index < -0.39 is 17.9 Å². The molecule has 8 heteroatoms. The van der Waals surface area contributed by atoms with Gasteiger partial charge < -0.3 is 9.47 Å². The third-order valence-corrected chi connectivity index (χ3v) is 4.78. The number of hydrogen-bond donors (Lipinski definition) is 1. The summed E-state index contributed by atoms with van der Waals surface area (Å²) in [4.78, 5) is 32.2. The monoisotopic (exact) mass is 370 g/mol. The van der Waals surface area contributed by atoms with Gasteiger partial charge in [0.05, 0.1) is 17.0 Å². The predicted molar refractivity (Wildman–Crippen MR) is 91.4 cm³/mol. The zero-order valence-corrected chi connectivity index (χ0v) is 13.9. The fourth-order valence-corrected chi connectivity index (χ4v) is 3.46. The number of nitrogens with one attached hydrogen (secondary N) is 1. The Labute approximate surface area is 152 Å². The summed E-state index contributed by atoms with van der Waals surface area (Å²) in [7, 11) is 0. The van der Waals surface area contributed by atoms with E-state index in [1.165, 1.54) is 0 Å². The van der Waals surface area contributed by atoms with E-state index in [4.69, 9.17) is 25.9 Å². The lowest BCUT2D eigenvalue weighted by Gasteiger charge is -2.16. The number of hydrogen-bond acceptors (Lipinski definition) is 6. The summed E-state index contributed by atoms with van der Waals surface area (Å²) in [6.45, 7) is 0.109. The maximum Gasteiger partial charge on any atom is 0.270 e. The van der Waals surface area contributed by atoms with Gasteiger partial charge in [0.1, 0.15) is 0 Å². The van der Waals surface area contributed by atoms with Crippen LogP contribution >= 0.6 is 11.6 Å². The summed E-state index contributed by atoms with van der Waals surface area (Å²) < 4.78 is 10.6. The Bertz CT molecular complexity index is 1000. The number of carbonyl (C=O) groups is 2. The number of hydroxylamine groups is 1. The van der Waals surface area contributed by atoms with Gasteiger partial charge in [0.2, 0.25) is 6.79 Å². The SMILES string of the molecule is O=C1C2=C(c3ccccc3Cl)NO[C@@H]2C(=O)N1c1ccc2c(c1)OCO2. The van der Waals surface area contributed by atoms with Gasteiger partial charge in [-0.05, 0) is 18.2 Å². The van der Waals surface area contributed by atoms with Gasteiger partial charge in [-0.2, -0.15) is 0 Å². The Morgan fingerprint density at radius 1 is 1.08 bits per heavy atom. The predicted octanol–water partition coefficient (Wildman–Crippen LogP) is 2.26. The van der Waals surface area contributed by atoms with Crippen molar-refractivity contribution >= 4 is 34.8 Å². The number of carbonyl (C=O) groups excluding carboxylic acids is 2. The number of rotatable bonds is 2. The molecule has 2 amide bonds. The standard InChI is InChI=1S/C18H11ClN2O5/c19-11-4-2-1-3-10(11)15-14-16(26-20-15)18(23)21(17(14)22)9-5-6-12-13(7-9)25-8-24-12/h1-7,16,20H,8H2/t16-/m0/s1. The molecule has 26 heavy (non-hydrogen) atoms. The van der Waals surface area contributed by atoms with Crippen LogP contribution in [-0.4, -0.2) is 24.7 Å². The van der Waals surface area contributed by atoms with E-state index in [1.54, 1.807) is 42.5 Å². The second-order valence-corrected chi connectivity index (χ2v) is 6.29. The van der Waals surface area contributed by atoms with Gasteiger partial charge in [0.25, 0.3) is 11.8 Å². The first-order valence-electron chi connectivity index (χ1n) is 7.84. The molecular formula is C18H11ClN2O5. The van der Waals surface area contributed by atoms with Crippen LogP contribution in [-0.2, 0) is 14.4 Å². The smallest absolute Gasteiger partial charge is 0.270 e. The van der Waals surface area contributed by atoms with Crippen LogP contribution in [0.1, 0.15) is 5.56 Å². The molecule has 5 rings (SSSR count). The van der Waals surface area contributed by atoms with Crippen molar-refractivity contribution in [3.05, 3.63) is 58.6 Å². The van der Waals surface area contributed by atoms with Crippen molar-refractivity contribution in [2.75, 3.05) is 11.7 Å². The van der Waals surface area contributed by atoms with Crippen molar-refractivity contribution in [2.24, 2.45) is 0 Å². The second-order valence-electron chi connectivity index (χ2n) is 5.88. The molecule has 1 fully saturated rings. The molecule has 3 aliphatic heterocycles. The highest BCUT2D eigenvalue weighted by Gasteiger charge is 2.51. The summed E-state index contributed by atoms with van der Waals surface area (Å²) in [6.07, 6.45) is -1.01. The van der Waals surface area contributed by atoms with E-state index in [0.29, 0.717) is 33.5 Å². The highest BCUT2D eigenvalue weighted by Crippen LogP contribution is 2.40. The van der Waals surface area contributed by atoms with Gasteiger partial charge in [0, 0.05) is 16.7 Å². The largest absolute Gasteiger partial charge is 0.454 e. The molecular weight excluding hydrogens is 360 g/mol. The van der Waals surface area contributed by atoms with Crippen molar-refractivity contribution in [1.82, 2.24) is 5.48 Å². The van der Waals surface area contributed by atoms with Gasteiger partial charge in [-0.25, -0.2) is 4.90 Å². The molecule has 0 aliphatic carbocycles. The van der Waals surface area contributed by atoms with E-state index in [0.717, 1.165) is 4.90 Å². The van der Waals surface area contributed by atoms with Crippen LogP contribution in [0.5, 0.6) is 11.5 Å². The molecule has 3 aliphatic rings. The molecule has 3 heterocycles. The maximum absolute atomic E-state index is 13.0. The van der Waals surface area contributed by atoms with Crippen molar-refractivity contribution in [1.29, 1.82) is 0 Å². The molecule has 1 N–H and O–H groups in total. The summed E-state index contributed by atoms with van der Waals surface area (Å²) >= 11 is 6.23. The van der Waals surface area contributed by atoms with Crippen molar-refractivity contribution < 1.29 is 23.9 Å². The molecule has 0 aromatic heterocycles. The fourth-order valence-electron chi connectivity index (χ4n) is 3.23. The lowest BCUT2D eigenvalue weighted by atomic mass is 10.0. The summed E-state index contributed by atoms with van der Waals surface area (Å²) in [5, 5.41) is 0.452. The maximum atomic E-state index is 13.0. The van der Waals surface area contributed by atoms with Gasteiger partial charge in [-0.15, -0.1) is 0 Å². The van der Waals surface area contributed by atoms with Crippen LogP contribution in [0.4, 0.5) is 5.69 Å². The molecule has 1 saturated heterocycles. The first-order chi connectivity index (χ1) is 12.6. The number of halogens is 1. The number of nitrogens with zero attached hydrogens (tertiary/aromatic N) is 1. The quantitative estimate of drug-likeness (QED) is 0.817. The Hall–Kier alpha value is -3.03. The van der Waals surface area contributed by atoms with Crippen LogP contribution in [0.3, 0.4) is 0 Å². The van der Waals surface area contributed by atoms with Crippen molar-refractivity contribution in [3.63, 3.8) is 0 Å². The van der Waals surface area contributed by atoms with E-state index in [1.807, 2.05) is 0 Å². The van der Waals surface area contributed by atoms with E-state index in [9.17, 15) is 9.59 Å². The Balaban J connectivity index is 1.60. The molecule has 7 nitrogen and oxygen atoms in total.